The van der Waals surface area contributed by atoms with Gasteiger partial charge in [-0.3, -0.25) is 9.78 Å². The minimum Gasteiger partial charge on any atom is -0.493 e. The van der Waals surface area contributed by atoms with E-state index in [9.17, 15) is 31.1 Å². The van der Waals surface area contributed by atoms with E-state index >= 15 is 0 Å². The number of ether oxygens (including phenoxy) is 4. The minimum atomic E-state index is -4.55. The van der Waals surface area contributed by atoms with E-state index in [0.717, 1.165) is 18.3 Å². The number of halogens is 6. The van der Waals surface area contributed by atoms with E-state index in [4.69, 9.17) is 18.9 Å². The highest BCUT2D eigenvalue weighted by Gasteiger charge is 2.52. The quantitative estimate of drug-likeness (QED) is 0.521. The molecule has 1 amide bonds. The number of benzene rings is 1. The van der Waals surface area contributed by atoms with Gasteiger partial charge in [0.1, 0.15) is 18.5 Å². The Balaban J connectivity index is 1.49. The number of likely N-dealkylation sites (tertiary alicyclic amines) is 1. The molecule has 2 aliphatic heterocycles. The summed E-state index contributed by atoms with van der Waals surface area (Å²) >= 11 is 0. The lowest BCUT2D eigenvalue weighted by Crippen LogP contribution is -2.54. The average Bonchev–Trinajstić information content (AvgIpc) is 3.27. The predicted molar refractivity (Wildman–Crippen MR) is 111 cm³/mol. The zero-order valence-electron chi connectivity index (χ0n) is 19.0. The standard InChI is InChI=1S/C23H22F6N2O5/c1-33-17-10-14(2-3-16(17)34-9-6-22(24,25)26)20(32)31-8-5-21(19(12-31)35-13-36-21)18-11-15(4-7-30-18)23(27,28)29/h2-4,7,10-11,19H,5-6,8-9,12-13H2,1H3/t19?,21-/m1/s1. The zero-order chi connectivity index (χ0) is 26.1. The van der Waals surface area contributed by atoms with Crippen LogP contribution in [0.15, 0.2) is 36.5 Å². The highest BCUT2D eigenvalue weighted by atomic mass is 19.4. The molecule has 0 saturated carbocycles. The van der Waals surface area contributed by atoms with Gasteiger partial charge in [-0.15, -0.1) is 0 Å². The lowest BCUT2D eigenvalue weighted by atomic mass is 9.84. The molecule has 2 aliphatic rings. The first-order valence-corrected chi connectivity index (χ1v) is 10.9. The first-order chi connectivity index (χ1) is 16.9. The van der Waals surface area contributed by atoms with Gasteiger partial charge in [0.2, 0.25) is 0 Å². The summed E-state index contributed by atoms with van der Waals surface area (Å²) in [7, 11) is 1.29. The molecule has 7 nitrogen and oxygen atoms in total. The predicted octanol–water partition coefficient (Wildman–Crippen LogP) is 4.55. The SMILES string of the molecule is COc1cc(C(=O)N2CC[C@]3(c4cc(C(F)(F)F)ccn4)OCOC3C2)ccc1OCCC(F)(F)F. The number of nitrogens with zero attached hydrogens (tertiary/aromatic N) is 2. The van der Waals surface area contributed by atoms with Crippen molar-refractivity contribution in [3.05, 3.63) is 53.3 Å². The second-order valence-corrected chi connectivity index (χ2v) is 8.31. The fraction of sp³-hybridized carbons (Fsp3) is 0.478. The van der Waals surface area contributed by atoms with Crippen LogP contribution in [0.1, 0.15) is 34.5 Å². The number of piperidine rings is 1. The van der Waals surface area contributed by atoms with Crippen LogP contribution in [0, 0.1) is 0 Å². The van der Waals surface area contributed by atoms with Crippen molar-refractivity contribution in [3.63, 3.8) is 0 Å². The van der Waals surface area contributed by atoms with E-state index in [0.29, 0.717) is 0 Å². The van der Waals surface area contributed by atoms with Crippen molar-refractivity contribution < 1.29 is 50.1 Å². The average molecular weight is 520 g/mol. The Kier molecular flexibility index (Phi) is 7.06. The van der Waals surface area contributed by atoms with Crippen molar-refractivity contribution in [2.24, 2.45) is 0 Å². The van der Waals surface area contributed by atoms with Crippen molar-refractivity contribution in [3.8, 4) is 11.5 Å². The summed E-state index contributed by atoms with van der Waals surface area (Å²) in [5.41, 5.74) is -1.82. The van der Waals surface area contributed by atoms with Gasteiger partial charge in [0.15, 0.2) is 11.5 Å². The lowest BCUT2D eigenvalue weighted by molar-refractivity contribution is -0.140. The van der Waals surface area contributed by atoms with Crippen LogP contribution >= 0.6 is 0 Å². The fourth-order valence-electron chi connectivity index (χ4n) is 4.24. The summed E-state index contributed by atoms with van der Waals surface area (Å²) in [6.07, 6.45) is -9.61. The summed E-state index contributed by atoms with van der Waals surface area (Å²) in [5, 5.41) is 0. The van der Waals surface area contributed by atoms with Gasteiger partial charge in [0.25, 0.3) is 5.91 Å². The summed E-state index contributed by atoms with van der Waals surface area (Å²) in [6, 6.07) is 5.90. The lowest BCUT2D eigenvalue weighted by Gasteiger charge is -2.41. The molecular weight excluding hydrogens is 498 g/mol. The van der Waals surface area contributed by atoms with Gasteiger partial charge in [0, 0.05) is 24.7 Å². The Bertz CT molecular complexity index is 1110. The molecule has 2 fully saturated rings. The molecule has 1 aromatic heterocycles. The largest absolute Gasteiger partial charge is 0.493 e. The highest BCUT2D eigenvalue weighted by molar-refractivity contribution is 5.95. The Morgan fingerprint density at radius 3 is 2.64 bits per heavy atom. The maximum atomic E-state index is 13.2. The number of alkyl halides is 6. The number of rotatable bonds is 6. The van der Waals surface area contributed by atoms with Crippen molar-refractivity contribution in [1.29, 1.82) is 0 Å². The third kappa shape index (κ3) is 5.36. The van der Waals surface area contributed by atoms with Crippen LogP contribution in [0.2, 0.25) is 0 Å². The summed E-state index contributed by atoms with van der Waals surface area (Å²) in [6.45, 7) is -0.599. The van der Waals surface area contributed by atoms with Crippen LogP contribution in [0.5, 0.6) is 11.5 Å². The number of amides is 1. The van der Waals surface area contributed by atoms with Crippen molar-refractivity contribution in [1.82, 2.24) is 9.88 Å². The second kappa shape index (κ2) is 9.77. The molecule has 36 heavy (non-hydrogen) atoms. The van der Waals surface area contributed by atoms with Crippen molar-refractivity contribution in [2.75, 3.05) is 33.6 Å². The maximum absolute atomic E-state index is 13.2. The molecular formula is C23H22F6N2O5. The van der Waals surface area contributed by atoms with Crippen LogP contribution in [0.25, 0.3) is 0 Å². The summed E-state index contributed by atoms with van der Waals surface area (Å²) < 4.78 is 98.5. The van der Waals surface area contributed by atoms with Crippen molar-refractivity contribution in [2.45, 2.75) is 36.9 Å². The van der Waals surface area contributed by atoms with Crippen LogP contribution in [0.4, 0.5) is 26.3 Å². The van der Waals surface area contributed by atoms with Crippen LogP contribution in [-0.4, -0.2) is 61.7 Å². The number of aromatic nitrogens is 1. The van der Waals surface area contributed by atoms with Crippen LogP contribution in [-0.2, 0) is 21.3 Å². The van der Waals surface area contributed by atoms with E-state index in [1.54, 1.807) is 0 Å². The second-order valence-electron chi connectivity index (χ2n) is 8.31. The van der Waals surface area contributed by atoms with Gasteiger partial charge in [-0.25, -0.2) is 0 Å². The van der Waals surface area contributed by atoms with Gasteiger partial charge in [-0.1, -0.05) is 0 Å². The maximum Gasteiger partial charge on any atom is 0.416 e. The highest BCUT2D eigenvalue weighted by Crippen LogP contribution is 2.43. The van der Waals surface area contributed by atoms with E-state index < -0.39 is 48.6 Å². The van der Waals surface area contributed by atoms with Gasteiger partial charge in [-0.2, -0.15) is 26.3 Å². The van der Waals surface area contributed by atoms with E-state index in [-0.39, 0.29) is 49.1 Å². The third-order valence-corrected chi connectivity index (χ3v) is 6.11. The zero-order valence-corrected chi connectivity index (χ0v) is 19.0. The molecule has 0 N–H and O–H groups in total. The van der Waals surface area contributed by atoms with E-state index in [1.165, 1.54) is 30.2 Å². The fourth-order valence-corrected chi connectivity index (χ4v) is 4.24. The van der Waals surface area contributed by atoms with Gasteiger partial charge in [-0.05, 0) is 30.3 Å². The Morgan fingerprint density at radius 2 is 1.94 bits per heavy atom. The Hall–Kier alpha value is -3.06. The number of hydrogen-bond acceptors (Lipinski definition) is 6. The molecule has 2 aromatic rings. The molecule has 13 heteroatoms. The Labute approximate surface area is 201 Å². The number of methoxy groups -OCH3 is 1. The third-order valence-electron chi connectivity index (χ3n) is 6.11. The first kappa shape index (κ1) is 26.0. The molecule has 1 unspecified atom stereocenters. The van der Waals surface area contributed by atoms with Gasteiger partial charge >= 0.3 is 12.4 Å². The smallest absolute Gasteiger partial charge is 0.416 e. The normalized spacial score (nSPS) is 22.3. The monoisotopic (exact) mass is 520 g/mol. The molecule has 1 aromatic carbocycles. The molecule has 0 bridgehead atoms. The summed E-state index contributed by atoms with van der Waals surface area (Å²) in [5.74, 6) is -0.279. The van der Waals surface area contributed by atoms with Crippen LogP contribution in [0.3, 0.4) is 0 Å². The van der Waals surface area contributed by atoms with Crippen LogP contribution < -0.4 is 9.47 Å². The number of pyridine rings is 1. The molecule has 0 aliphatic carbocycles. The molecule has 2 atom stereocenters. The van der Waals surface area contributed by atoms with Gasteiger partial charge < -0.3 is 23.8 Å². The number of carbonyl (C=O) groups excluding carboxylic acids is 1. The first-order valence-electron chi connectivity index (χ1n) is 10.9. The molecule has 2 saturated heterocycles. The molecule has 4 rings (SSSR count). The van der Waals surface area contributed by atoms with Crippen molar-refractivity contribution >= 4 is 5.91 Å². The van der Waals surface area contributed by atoms with Gasteiger partial charge in [0.05, 0.1) is 37.9 Å². The van der Waals surface area contributed by atoms with E-state index in [2.05, 4.69) is 4.98 Å². The Morgan fingerprint density at radius 1 is 1.17 bits per heavy atom. The number of hydrogen-bond donors (Lipinski definition) is 0. The summed E-state index contributed by atoms with van der Waals surface area (Å²) in [4.78, 5) is 18.7. The molecule has 0 spiro atoms. The van der Waals surface area contributed by atoms with E-state index in [1.807, 2.05) is 0 Å². The molecule has 196 valence electrons. The number of fused-ring (bicyclic) bond motifs is 1. The minimum absolute atomic E-state index is 0.0307. The topological polar surface area (TPSA) is 70.1 Å². The molecule has 3 heterocycles. The number of carbonyl (C=O) groups is 1. The molecule has 0 radical (unpaired) electrons.